The maximum atomic E-state index is 12.5. The third-order valence-electron chi connectivity index (χ3n) is 4.80. The summed E-state index contributed by atoms with van der Waals surface area (Å²) in [6, 6.07) is 11.5. The van der Waals surface area contributed by atoms with Crippen LogP contribution >= 0.6 is 0 Å². The first-order valence-electron chi connectivity index (χ1n) is 9.66. The van der Waals surface area contributed by atoms with Crippen molar-refractivity contribution >= 4 is 17.5 Å². The number of carbonyl (C=O) groups excluding carboxylic acids is 2. The van der Waals surface area contributed by atoms with Gasteiger partial charge in [-0.3, -0.25) is 30.6 Å². The number of nitro benzene ring substituents is 1. The molecule has 30 heavy (non-hydrogen) atoms. The smallest absolute Gasteiger partial charge is 0.282 e. The average molecular weight is 413 g/mol. The van der Waals surface area contributed by atoms with E-state index in [0.29, 0.717) is 19.4 Å². The highest BCUT2D eigenvalue weighted by atomic mass is 16.6. The van der Waals surface area contributed by atoms with Crippen LogP contribution in [0.4, 0.5) is 5.69 Å². The van der Waals surface area contributed by atoms with E-state index in [1.807, 2.05) is 32.0 Å². The Bertz CT molecular complexity index is 940. The zero-order valence-corrected chi connectivity index (χ0v) is 17.7. The van der Waals surface area contributed by atoms with Crippen molar-refractivity contribution < 1.29 is 19.2 Å². The van der Waals surface area contributed by atoms with E-state index in [1.54, 1.807) is 13.8 Å². The predicted octanol–water partition coefficient (Wildman–Crippen LogP) is 3.86. The van der Waals surface area contributed by atoms with Crippen LogP contribution in [0.3, 0.4) is 0 Å². The summed E-state index contributed by atoms with van der Waals surface area (Å²) in [5.41, 5.74) is 5.57. The van der Waals surface area contributed by atoms with Gasteiger partial charge in [-0.05, 0) is 49.9 Å². The summed E-state index contributed by atoms with van der Waals surface area (Å²) in [6.45, 7) is 7.96. The number of benzene rings is 2. The van der Waals surface area contributed by atoms with E-state index in [1.165, 1.54) is 24.3 Å². The van der Waals surface area contributed by atoms with Crippen LogP contribution in [0.5, 0.6) is 5.75 Å². The first kappa shape index (κ1) is 22.9. The van der Waals surface area contributed by atoms with Crippen LogP contribution < -0.4 is 15.6 Å². The van der Waals surface area contributed by atoms with Crippen molar-refractivity contribution in [3.8, 4) is 5.75 Å². The van der Waals surface area contributed by atoms with Gasteiger partial charge in [-0.25, -0.2) is 0 Å². The minimum atomic E-state index is -0.763. The zero-order chi connectivity index (χ0) is 22.3. The lowest BCUT2D eigenvalue weighted by atomic mass is 9.87. The molecule has 2 aromatic rings. The summed E-state index contributed by atoms with van der Waals surface area (Å²) in [5.74, 6) is -0.306. The molecule has 160 valence electrons. The van der Waals surface area contributed by atoms with Crippen LogP contribution in [0.2, 0.25) is 0 Å². The summed E-state index contributed by atoms with van der Waals surface area (Å²) in [4.78, 5) is 35.1. The summed E-state index contributed by atoms with van der Waals surface area (Å²) in [5, 5.41) is 11.0. The Hall–Kier alpha value is -3.42. The fourth-order valence-corrected chi connectivity index (χ4v) is 2.85. The molecule has 0 unspecified atom stereocenters. The molecule has 0 atom stereocenters. The number of amides is 2. The monoisotopic (exact) mass is 413 g/mol. The Kier molecular flexibility index (Phi) is 7.52. The highest BCUT2D eigenvalue weighted by Crippen LogP contribution is 2.24. The molecule has 0 bridgehead atoms. The van der Waals surface area contributed by atoms with Gasteiger partial charge in [0, 0.05) is 11.5 Å². The summed E-state index contributed by atoms with van der Waals surface area (Å²) >= 11 is 0. The van der Waals surface area contributed by atoms with Crippen molar-refractivity contribution in [3.63, 3.8) is 0 Å². The summed E-state index contributed by atoms with van der Waals surface area (Å²) < 4.78 is 5.82. The molecule has 0 aliphatic carbocycles. The lowest BCUT2D eigenvalue weighted by Gasteiger charge is -2.23. The van der Waals surface area contributed by atoms with Gasteiger partial charge in [0.1, 0.15) is 11.3 Å². The molecule has 0 radical (unpaired) electrons. The van der Waals surface area contributed by atoms with Gasteiger partial charge in [0.05, 0.1) is 11.5 Å². The van der Waals surface area contributed by atoms with E-state index in [4.69, 9.17) is 4.74 Å². The molecule has 0 aromatic heterocycles. The number of nitrogens with zero attached hydrogens (tertiary/aromatic N) is 1. The van der Waals surface area contributed by atoms with Gasteiger partial charge in [0.25, 0.3) is 11.6 Å². The largest absolute Gasteiger partial charge is 0.493 e. The molecule has 8 heteroatoms. The molecule has 8 nitrogen and oxygen atoms in total. The number of aryl methyl sites for hydroxylation is 2. The Morgan fingerprint density at radius 2 is 1.80 bits per heavy atom. The molecule has 2 N–H and O–H groups in total. The molecular weight excluding hydrogens is 386 g/mol. The van der Waals surface area contributed by atoms with Gasteiger partial charge in [0.15, 0.2) is 0 Å². The van der Waals surface area contributed by atoms with Gasteiger partial charge in [-0.1, -0.05) is 38.1 Å². The van der Waals surface area contributed by atoms with Crippen molar-refractivity contribution in [2.75, 3.05) is 6.61 Å². The van der Waals surface area contributed by atoms with Crippen LogP contribution in [0.15, 0.2) is 42.5 Å². The van der Waals surface area contributed by atoms with Gasteiger partial charge in [0.2, 0.25) is 5.91 Å². The first-order valence-corrected chi connectivity index (χ1v) is 9.66. The quantitative estimate of drug-likeness (QED) is 0.388. The van der Waals surface area contributed by atoms with Gasteiger partial charge >= 0.3 is 0 Å². The van der Waals surface area contributed by atoms with Gasteiger partial charge < -0.3 is 4.74 Å². The minimum Gasteiger partial charge on any atom is -0.493 e. The second-order valence-corrected chi connectivity index (χ2v) is 7.79. The highest BCUT2D eigenvalue weighted by Gasteiger charge is 2.28. The van der Waals surface area contributed by atoms with Crippen LogP contribution in [-0.2, 0) is 4.79 Å². The zero-order valence-electron chi connectivity index (χ0n) is 17.7. The van der Waals surface area contributed by atoms with Crippen molar-refractivity contribution in [1.82, 2.24) is 10.9 Å². The Balaban J connectivity index is 1.85. The fourth-order valence-electron chi connectivity index (χ4n) is 2.85. The molecule has 2 amide bonds. The molecule has 0 fully saturated rings. The molecular formula is C22H27N3O5. The molecule has 0 saturated carbocycles. The number of hydrogen-bond donors (Lipinski definition) is 2. The Labute approximate surface area is 175 Å². The number of para-hydroxylation sites is 1. The number of carbonyl (C=O) groups is 2. The molecule has 0 aliphatic heterocycles. The molecule has 2 aromatic carbocycles. The number of hydrogen-bond acceptors (Lipinski definition) is 5. The van der Waals surface area contributed by atoms with E-state index >= 15 is 0 Å². The lowest BCUT2D eigenvalue weighted by Crippen LogP contribution is -2.47. The van der Waals surface area contributed by atoms with Gasteiger partial charge in [-0.2, -0.15) is 0 Å². The molecule has 0 aliphatic rings. The average Bonchev–Trinajstić information content (AvgIpc) is 2.71. The number of ether oxygens (including phenoxy) is 1. The predicted molar refractivity (Wildman–Crippen MR) is 113 cm³/mol. The number of nitrogens with one attached hydrogen (secondary N) is 2. The number of hydrazine groups is 1. The van der Waals surface area contributed by atoms with Crippen LogP contribution in [0.1, 0.15) is 48.2 Å². The normalized spacial score (nSPS) is 10.9. The van der Waals surface area contributed by atoms with Gasteiger partial charge in [-0.15, -0.1) is 0 Å². The molecule has 0 spiro atoms. The topological polar surface area (TPSA) is 111 Å². The standard InChI is InChI=1S/C22H27N3O5/c1-15-10-11-16(2)19(14-15)30-13-7-12-22(3,4)21(27)24-23-20(26)17-8-5-6-9-18(17)25(28)29/h5-6,8-11,14H,7,12-13H2,1-4H3,(H,23,26)(H,24,27). The summed E-state index contributed by atoms with van der Waals surface area (Å²) in [6.07, 6.45) is 1.18. The van der Waals surface area contributed by atoms with Crippen molar-refractivity contribution in [2.45, 2.75) is 40.5 Å². The van der Waals surface area contributed by atoms with Crippen LogP contribution in [0.25, 0.3) is 0 Å². The second kappa shape index (κ2) is 9.87. The van der Waals surface area contributed by atoms with E-state index in [0.717, 1.165) is 16.9 Å². The third kappa shape index (κ3) is 6.04. The third-order valence-corrected chi connectivity index (χ3v) is 4.80. The molecule has 2 rings (SSSR count). The molecule has 0 heterocycles. The Morgan fingerprint density at radius 3 is 2.50 bits per heavy atom. The SMILES string of the molecule is Cc1ccc(C)c(OCCCC(C)(C)C(=O)NNC(=O)c2ccccc2[N+](=O)[O-])c1. The highest BCUT2D eigenvalue weighted by molar-refractivity contribution is 5.99. The maximum absolute atomic E-state index is 12.5. The number of rotatable bonds is 8. The van der Waals surface area contributed by atoms with E-state index < -0.39 is 16.2 Å². The summed E-state index contributed by atoms with van der Waals surface area (Å²) in [7, 11) is 0. The van der Waals surface area contributed by atoms with E-state index in [2.05, 4.69) is 10.9 Å². The van der Waals surface area contributed by atoms with Crippen molar-refractivity contribution in [3.05, 3.63) is 69.3 Å². The lowest BCUT2D eigenvalue weighted by molar-refractivity contribution is -0.385. The van der Waals surface area contributed by atoms with E-state index in [-0.39, 0.29) is 17.2 Å². The van der Waals surface area contributed by atoms with Crippen LogP contribution in [0, 0.1) is 29.4 Å². The van der Waals surface area contributed by atoms with Crippen molar-refractivity contribution in [1.29, 1.82) is 0 Å². The second-order valence-electron chi connectivity index (χ2n) is 7.79. The van der Waals surface area contributed by atoms with E-state index in [9.17, 15) is 19.7 Å². The number of nitro groups is 1. The van der Waals surface area contributed by atoms with Crippen LogP contribution in [-0.4, -0.2) is 23.3 Å². The maximum Gasteiger partial charge on any atom is 0.282 e. The molecule has 0 saturated heterocycles. The van der Waals surface area contributed by atoms with Crippen molar-refractivity contribution in [2.24, 2.45) is 5.41 Å². The minimum absolute atomic E-state index is 0.123. The first-order chi connectivity index (χ1) is 14.1. The Morgan fingerprint density at radius 1 is 1.10 bits per heavy atom. The fraction of sp³-hybridized carbons (Fsp3) is 0.364.